The molecule has 0 saturated heterocycles. The number of rotatable bonds is 8. The van der Waals surface area contributed by atoms with Gasteiger partial charge in [0.2, 0.25) is 0 Å². The van der Waals surface area contributed by atoms with Gasteiger partial charge in [0.05, 0.1) is 13.2 Å². The predicted octanol–water partition coefficient (Wildman–Crippen LogP) is 4.44. The highest BCUT2D eigenvalue weighted by molar-refractivity contribution is 7.99. The van der Waals surface area contributed by atoms with E-state index in [0.29, 0.717) is 13.2 Å². The van der Waals surface area contributed by atoms with Gasteiger partial charge in [-0.05, 0) is 62.2 Å². The van der Waals surface area contributed by atoms with Crippen molar-refractivity contribution < 1.29 is 14.3 Å². The minimum Gasteiger partial charge on any atom is -0.382 e. The summed E-state index contributed by atoms with van der Waals surface area (Å²) < 4.78 is 10.3. The van der Waals surface area contributed by atoms with Crippen molar-refractivity contribution in [1.82, 2.24) is 0 Å². The maximum absolute atomic E-state index is 12.1. The normalized spacial score (nSPS) is 12.0. The smallest absolute Gasteiger partial charge is 0.253 e. The quantitative estimate of drug-likeness (QED) is 0.708. The molecule has 1 atom stereocenters. The standard InChI is InChI=1S/C20H25NO3S/c1-14-5-6-15(2)19(13-14)25-18-9-7-17(8-10-18)21-20(22)16(3)24-12-11-23-4/h5-10,13,16H,11-12H2,1-4H3,(H,21,22). The van der Waals surface area contributed by atoms with Crippen molar-refractivity contribution in [2.75, 3.05) is 25.6 Å². The lowest BCUT2D eigenvalue weighted by Gasteiger charge is -2.13. The van der Waals surface area contributed by atoms with Gasteiger partial charge in [-0.25, -0.2) is 0 Å². The van der Waals surface area contributed by atoms with Crippen molar-refractivity contribution in [2.24, 2.45) is 0 Å². The van der Waals surface area contributed by atoms with Gasteiger partial charge >= 0.3 is 0 Å². The second-order valence-corrected chi connectivity index (χ2v) is 7.01. The van der Waals surface area contributed by atoms with Crippen molar-refractivity contribution in [3.05, 3.63) is 53.6 Å². The number of methoxy groups -OCH3 is 1. The SMILES string of the molecule is COCCOC(C)C(=O)Nc1ccc(Sc2cc(C)ccc2C)cc1. The average molecular weight is 359 g/mol. The van der Waals surface area contributed by atoms with Gasteiger partial charge in [0.1, 0.15) is 6.10 Å². The number of carbonyl (C=O) groups excluding carboxylic acids is 1. The zero-order chi connectivity index (χ0) is 18.2. The molecule has 2 aromatic rings. The molecule has 0 aliphatic carbocycles. The van der Waals surface area contributed by atoms with Crippen LogP contribution in [0.3, 0.4) is 0 Å². The molecule has 5 heteroatoms. The number of hydrogen-bond acceptors (Lipinski definition) is 4. The maximum atomic E-state index is 12.1. The van der Waals surface area contributed by atoms with Crippen molar-refractivity contribution in [2.45, 2.75) is 36.7 Å². The van der Waals surface area contributed by atoms with E-state index in [4.69, 9.17) is 9.47 Å². The molecule has 4 nitrogen and oxygen atoms in total. The van der Waals surface area contributed by atoms with Crippen molar-refractivity contribution in [3.8, 4) is 0 Å². The molecule has 1 N–H and O–H groups in total. The Morgan fingerprint density at radius 3 is 2.52 bits per heavy atom. The van der Waals surface area contributed by atoms with Crippen LogP contribution < -0.4 is 5.32 Å². The molecule has 1 unspecified atom stereocenters. The Bertz CT molecular complexity index is 701. The van der Waals surface area contributed by atoms with Gasteiger partial charge in [-0.3, -0.25) is 4.79 Å². The van der Waals surface area contributed by atoms with Gasteiger partial charge in [-0.15, -0.1) is 0 Å². The third-order valence-electron chi connectivity index (χ3n) is 3.72. The van der Waals surface area contributed by atoms with Gasteiger partial charge in [-0.2, -0.15) is 0 Å². The Morgan fingerprint density at radius 2 is 1.84 bits per heavy atom. The highest BCUT2D eigenvalue weighted by atomic mass is 32.2. The van der Waals surface area contributed by atoms with E-state index in [2.05, 4.69) is 37.4 Å². The molecule has 0 fully saturated rings. The van der Waals surface area contributed by atoms with E-state index in [1.807, 2.05) is 24.3 Å². The summed E-state index contributed by atoms with van der Waals surface area (Å²) in [5, 5.41) is 2.87. The summed E-state index contributed by atoms with van der Waals surface area (Å²) in [6.45, 7) is 6.81. The number of aryl methyl sites for hydroxylation is 2. The van der Waals surface area contributed by atoms with Crippen LogP contribution in [0.25, 0.3) is 0 Å². The first-order chi connectivity index (χ1) is 12.0. The Balaban J connectivity index is 1.93. The van der Waals surface area contributed by atoms with Crippen LogP contribution in [0.15, 0.2) is 52.3 Å². The molecular weight excluding hydrogens is 334 g/mol. The Morgan fingerprint density at radius 1 is 1.12 bits per heavy atom. The summed E-state index contributed by atoms with van der Waals surface area (Å²) in [5.74, 6) is -0.161. The summed E-state index contributed by atoms with van der Waals surface area (Å²) in [6, 6.07) is 14.3. The van der Waals surface area contributed by atoms with Crippen LogP contribution in [0.2, 0.25) is 0 Å². The van der Waals surface area contributed by atoms with Crippen LogP contribution in [-0.2, 0) is 14.3 Å². The van der Waals surface area contributed by atoms with Crippen LogP contribution >= 0.6 is 11.8 Å². The van der Waals surface area contributed by atoms with Crippen LogP contribution in [0, 0.1) is 13.8 Å². The molecule has 2 aromatic carbocycles. The second-order valence-electron chi connectivity index (χ2n) is 5.89. The second kappa shape index (κ2) is 9.61. The summed E-state index contributed by atoms with van der Waals surface area (Å²) >= 11 is 1.72. The molecule has 0 aromatic heterocycles. The number of benzene rings is 2. The summed E-state index contributed by atoms with van der Waals surface area (Å²) in [5.41, 5.74) is 3.27. The Hall–Kier alpha value is -1.82. The lowest BCUT2D eigenvalue weighted by Crippen LogP contribution is -2.28. The van der Waals surface area contributed by atoms with E-state index >= 15 is 0 Å². The Kier molecular flexibility index (Phi) is 7.50. The lowest BCUT2D eigenvalue weighted by atomic mass is 10.2. The van der Waals surface area contributed by atoms with E-state index in [1.165, 1.54) is 16.0 Å². The summed E-state index contributed by atoms with van der Waals surface area (Å²) in [6.07, 6.45) is -0.515. The van der Waals surface area contributed by atoms with Gasteiger partial charge in [0, 0.05) is 22.6 Å². The maximum Gasteiger partial charge on any atom is 0.253 e. The first-order valence-corrected chi connectivity index (χ1v) is 9.08. The average Bonchev–Trinajstić information content (AvgIpc) is 2.60. The summed E-state index contributed by atoms with van der Waals surface area (Å²) in [4.78, 5) is 14.5. The zero-order valence-corrected chi connectivity index (χ0v) is 16.0. The van der Waals surface area contributed by atoms with Crippen molar-refractivity contribution >= 4 is 23.4 Å². The third-order valence-corrected chi connectivity index (χ3v) is 4.89. The van der Waals surface area contributed by atoms with E-state index in [1.54, 1.807) is 25.8 Å². The number of ether oxygens (including phenoxy) is 2. The zero-order valence-electron chi connectivity index (χ0n) is 15.2. The number of amides is 1. The molecule has 0 saturated carbocycles. The Labute approximate surface area is 153 Å². The van der Waals surface area contributed by atoms with E-state index in [-0.39, 0.29) is 5.91 Å². The predicted molar refractivity (Wildman–Crippen MR) is 102 cm³/mol. The topological polar surface area (TPSA) is 47.6 Å². The highest BCUT2D eigenvalue weighted by Crippen LogP contribution is 2.31. The van der Waals surface area contributed by atoms with Gasteiger partial charge in [0.15, 0.2) is 0 Å². The largest absolute Gasteiger partial charge is 0.382 e. The fourth-order valence-electron chi connectivity index (χ4n) is 2.18. The molecule has 1 amide bonds. The molecular formula is C20H25NO3S. The molecule has 0 bridgehead atoms. The molecule has 134 valence electrons. The van der Waals surface area contributed by atoms with Crippen LogP contribution in [0.4, 0.5) is 5.69 Å². The fraction of sp³-hybridized carbons (Fsp3) is 0.350. The van der Waals surface area contributed by atoms with Crippen LogP contribution in [0.1, 0.15) is 18.1 Å². The van der Waals surface area contributed by atoms with Crippen LogP contribution in [0.5, 0.6) is 0 Å². The molecule has 0 aliphatic heterocycles. The van der Waals surface area contributed by atoms with Gasteiger partial charge in [-0.1, -0.05) is 23.9 Å². The lowest BCUT2D eigenvalue weighted by molar-refractivity contribution is -0.127. The fourth-order valence-corrected chi connectivity index (χ4v) is 3.18. The van der Waals surface area contributed by atoms with Crippen LogP contribution in [-0.4, -0.2) is 32.3 Å². The van der Waals surface area contributed by atoms with Crippen molar-refractivity contribution in [1.29, 1.82) is 0 Å². The number of anilines is 1. The van der Waals surface area contributed by atoms with Crippen molar-refractivity contribution in [3.63, 3.8) is 0 Å². The highest BCUT2D eigenvalue weighted by Gasteiger charge is 2.13. The molecule has 25 heavy (non-hydrogen) atoms. The number of nitrogens with one attached hydrogen (secondary N) is 1. The van der Waals surface area contributed by atoms with E-state index in [9.17, 15) is 4.79 Å². The minimum absolute atomic E-state index is 0.161. The van der Waals surface area contributed by atoms with E-state index in [0.717, 1.165) is 10.6 Å². The molecule has 0 aliphatic rings. The minimum atomic E-state index is -0.515. The molecule has 2 rings (SSSR count). The number of carbonyl (C=O) groups is 1. The van der Waals surface area contributed by atoms with E-state index < -0.39 is 6.10 Å². The number of hydrogen-bond donors (Lipinski definition) is 1. The molecule has 0 heterocycles. The summed E-state index contributed by atoms with van der Waals surface area (Å²) in [7, 11) is 1.60. The van der Waals surface area contributed by atoms with Gasteiger partial charge < -0.3 is 14.8 Å². The molecule has 0 spiro atoms. The first kappa shape index (κ1) is 19.5. The van der Waals surface area contributed by atoms with Gasteiger partial charge in [0.25, 0.3) is 5.91 Å². The third kappa shape index (κ3) is 6.20. The molecule has 0 radical (unpaired) electrons. The monoisotopic (exact) mass is 359 g/mol. The first-order valence-electron chi connectivity index (χ1n) is 8.26.